The topological polar surface area (TPSA) is 93.5 Å². The smallest absolute Gasteiger partial charge is 0.258 e. The normalized spacial score (nSPS) is 23.8. The number of carbonyl (C=O) groups excluding carboxylic acids is 2. The lowest BCUT2D eigenvalue weighted by Crippen LogP contribution is -2.32. The van der Waals surface area contributed by atoms with E-state index in [1.165, 1.54) is 0 Å². The zero-order valence-electron chi connectivity index (χ0n) is 14.7. The van der Waals surface area contributed by atoms with Crippen LogP contribution in [0, 0.1) is 5.92 Å². The Hall–Kier alpha value is -2.08. The number of amides is 2. The highest BCUT2D eigenvalue weighted by atomic mass is 16.5. The van der Waals surface area contributed by atoms with Gasteiger partial charge in [-0.05, 0) is 56.7 Å². The molecule has 1 aromatic rings. The average Bonchev–Trinajstić information content (AvgIpc) is 3.30. The molecule has 6 heteroatoms. The second kappa shape index (κ2) is 7.87. The van der Waals surface area contributed by atoms with Crippen LogP contribution < -0.4 is 21.1 Å². The van der Waals surface area contributed by atoms with E-state index >= 15 is 0 Å². The van der Waals surface area contributed by atoms with Crippen molar-refractivity contribution in [2.75, 3.05) is 6.61 Å². The van der Waals surface area contributed by atoms with E-state index in [1.54, 1.807) is 0 Å². The predicted molar refractivity (Wildman–Crippen MR) is 95.0 cm³/mol. The van der Waals surface area contributed by atoms with Gasteiger partial charge in [-0.2, -0.15) is 0 Å². The second-order valence-corrected chi connectivity index (χ2v) is 7.20. The Kier molecular flexibility index (Phi) is 5.58. The molecule has 2 fully saturated rings. The molecule has 1 aromatic carbocycles. The van der Waals surface area contributed by atoms with Crippen molar-refractivity contribution in [3.05, 3.63) is 29.8 Å². The van der Waals surface area contributed by atoms with Gasteiger partial charge in [0.1, 0.15) is 5.75 Å². The molecule has 3 atom stereocenters. The largest absolute Gasteiger partial charge is 0.484 e. The number of hydrogen-bond donors (Lipinski definition) is 3. The fourth-order valence-corrected chi connectivity index (χ4v) is 3.17. The quantitative estimate of drug-likeness (QED) is 0.700. The molecule has 2 amide bonds. The molecule has 2 saturated carbocycles. The van der Waals surface area contributed by atoms with Crippen LogP contribution in [0.5, 0.6) is 5.75 Å². The monoisotopic (exact) mass is 345 g/mol. The number of ether oxygens (including phenoxy) is 1. The van der Waals surface area contributed by atoms with Gasteiger partial charge >= 0.3 is 0 Å². The first kappa shape index (κ1) is 17.7. The fourth-order valence-electron chi connectivity index (χ4n) is 3.17. The van der Waals surface area contributed by atoms with Crippen LogP contribution in [-0.2, 0) is 9.59 Å². The summed E-state index contributed by atoms with van der Waals surface area (Å²) >= 11 is 0. The molecule has 4 N–H and O–H groups in total. The molecule has 25 heavy (non-hydrogen) atoms. The molecular weight excluding hydrogens is 318 g/mol. The van der Waals surface area contributed by atoms with Gasteiger partial charge in [0.15, 0.2) is 6.61 Å². The van der Waals surface area contributed by atoms with Crippen LogP contribution in [0.3, 0.4) is 0 Å². The zero-order valence-corrected chi connectivity index (χ0v) is 14.7. The molecule has 0 heterocycles. The molecule has 2 aliphatic carbocycles. The minimum absolute atomic E-state index is 0.0318. The lowest BCUT2D eigenvalue weighted by atomic mass is 10.0. The first-order valence-electron chi connectivity index (χ1n) is 9.09. The van der Waals surface area contributed by atoms with Crippen LogP contribution in [-0.4, -0.2) is 30.5 Å². The third kappa shape index (κ3) is 5.19. The highest BCUT2D eigenvalue weighted by molar-refractivity contribution is 5.79. The molecule has 3 rings (SSSR count). The molecule has 6 nitrogen and oxygen atoms in total. The van der Waals surface area contributed by atoms with Crippen LogP contribution in [0.25, 0.3) is 0 Å². The van der Waals surface area contributed by atoms with Crippen molar-refractivity contribution in [1.29, 1.82) is 0 Å². The number of nitrogens with one attached hydrogen (secondary N) is 2. The minimum atomic E-state index is -0.0815. The SMILES string of the molecule is CC(NC(=O)C1CCC(N)C1)c1ccc(OCC(=O)NC2CC2)cc1. The number of benzene rings is 1. The number of nitrogens with two attached hydrogens (primary N) is 1. The summed E-state index contributed by atoms with van der Waals surface area (Å²) in [7, 11) is 0. The van der Waals surface area contributed by atoms with Gasteiger partial charge in [0.2, 0.25) is 5.91 Å². The summed E-state index contributed by atoms with van der Waals surface area (Å²) < 4.78 is 5.49. The van der Waals surface area contributed by atoms with Crippen molar-refractivity contribution in [3.63, 3.8) is 0 Å². The van der Waals surface area contributed by atoms with E-state index in [0.717, 1.165) is 37.7 Å². The Morgan fingerprint density at radius 1 is 1.20 bits per heavy atom. The van der Waals surface area contributed by atoms with Crippen molar-refractivity contribution in [2.24, 2.45) is 11.7 Å². The Morgan fingerprint density at radius 2 is 1.92 bits per heavy atom. The first-order valence-corrected chi connectivity index (χ1v) is 9.09. The van der Waals surface area contributed by atoms with Gasteiger partial charge < -0.3 is 21.1 Å². The van der Waals surface area contributed by atoms with E-state index in [4.69, 9.17) is 10.5 Å². The maximum Gasteiger partial charge on any atom is 0.258 e. The highest BCUT2D eigenvalue weighted by Gasteiger charge is 2.28. The Morgan fingerprint density at radius 3 is 2.52 bits per heavy atom. The average molecular weight is 345 g/mol. The summed E-state index contributed by atoms with van der Waals surface area (Å²) in [6.07, 6.45) is 4.70. The summed E-state index contributed by atoms with van der Waals surface area (Å²) in [5.41, 5.74) is 6.88. The zero-order chi connectivity index (χ0) is 17.8. The van der Waals surface area contributed by atoms with E-state index in [9.17, 15) is 9.59 Å². The van der Waals surface area contributed by atoms with Crippen molar-refractivity contribution in [3.8, 4) is 5.75 Å². The van der Waals surface area contributed by atoms with Gasteiger partial charge in [-0.1, -0.05) is 12.1 Å². The molecule has 2 aliphatic rings. The van der Waals surface area contributed by atoms with Gasteiger partial charge in [-0.15, -0.1) is 0 Å². The lowest BCUT2D eigenvalue weighted by molar-refractivity contribution is -0.125. The summed E-state index contributed by atoms with van der Waals surface area (Å²) in [6, 6.07) is 7.91. The van der Waals surface area contributed by atoms with Crippen LogP contribution in [0.1, 0.15) is 50.6 Å². The number of hydrogen-bond acceptors (Lipinski definition) is 4. The van der Waals surface area contributed by atoms with Crippen LogP contribution in [0.15, 0.2) is 24.3 Å². The molecule has 136 valence electrons. The van der Waals surface area contributed by atoms with Crippen molar-refractivity contribution in [2.45, 2.75) is 57.2 Å². The minimum Gasteiger partial charge on any atom is -0.484 e. The van der Waals surface area contributed by atoms with E-state index in [0.29, 0.717) is 11.8 Å². The third-order valence-corrected chi connectivity index (χ3v) is 4.90. The maximum atomic E-state index is 12.3. The summed E-state index contributed by atoms with van der Waals surface area (Å²) in [5.74, 6) is 0.680. The standard InChI is InChI=1S/C19H27N3O3/c1-12(21-19(24)14-2-5-15(20)10-14)13-3-8-17(9-4-13)25-11-18(23)22-16-6-7-16/h3-4,8-9,12,14-16H,2,5-7,10-11,20H2,1H3,(H,21,24)(H,22,23). The molecule has 0 radical (unpaired) electrons. The first-order chi connectivity index (χ1) is 12.0. The molecule has 0 bridgehead atoms. The van der Waals surface area contributed by atoms with Crippen molar-refractivity contribution < 1.29 is 14.3 Å². The van der Waals surface area contributed by atoms with E-state index < -0.39 is 0 Å². The van der Waals surface area contributed by atoms with Gasteiger partial charge in [0.25, 0.3) is 5.91 Å². The summed E-state index contributed by atoms with van der Waals surface area (Å²) in [5, 5.41) is 5.94. The third-order valence-electron chi connectivity index (χ3n) is 4.90. The van der Waals surface area contributed by atoms with Gasteiger partial charge in [-0.25, -0.2) is 0 Å². The van der Waals surface area contributed by atoms with Gasteiger partial charge in [0.05, 0.1) is 6.04 Å². The van der Waals surface area contributed by atoms with Crippen molar-refractivity contribution in [1.82, 2.24) is 10.6 Å². The van der Waals surface area contributed by atoms with Crippen molar-refractivity contribution >= 4 is 11.8 Å². The second-order valence-electron chi connectivity index (χ2n) is 7.20. The predicted octanol–water partition coefficient (Wildman–Crippen LogP) is 1.65. The maximum absolute atomic E-state index is 12.3. The molecule has 0 saturated heterocycles. The van der Waals surface area contributed by atoms with E-state index in [-0.39, 0.29) is 36.4 Å². The number of carbonyl (C=O) groups is 2. The lowest BCUT2D eigenvalue weighted by Gasteiger charge is -2.18. The van der Waals surface area contributed by atoms with E-state index in [1.807, 2.05) is 31.2 Å². The van der Waals surface area contributed by atoms with E-state index in [2.05, 4.69) is 10.6 Å². The Labute approximate surface area is 148 Å². The molecular formula is C19H27N3O3. The van der Waals surface area contributed by atoms with Gasteiger partial charge in [-0.3, -0.25) is 9.59 Å². The number of rotatable bonds is 7. The summed E-state index contributed by atoms with van der Waals surface area (Å²) in [4.78, 5) is 23.9. The fraction of sp³-hybridized carbons (Fsp3) is 0.579. The molecule has 3 unspecified atom stereocenters. The van der Waals surface area contributed by atoms with Gasteiger partial charge in [0, 0.05) is 18.0 Å². The van der Waals surface area contributed by atoms with Crippen LogP contribution >= 0.6 is 0 Å². The Bertz CT molecular complexity index is 613. The molecule has 0 aliphatic heterocycles. The highest BCUT2D eigenvalue weighted by Crippen LogP contribution is 2.25. The molecule has 0 aromatic heterocycles. The molecule has 0 spiro atoms. The van der Waals surface area contributed by atoms with Crippen LogP contribution in [0.2, 0.25) is 0 Å². The Balaban J connectivity index is 1.45. The van der Waals surface area contributed by atoms with Crippen LogP contribution in [0.4, 0.5) is 0 Å². The summed E-state index contributed by atoms with van der Waals surface area (Å²) in [6.45, 7) is 2.00.